The Balaban J connectivity index is 2.22. The normalized spacial score (nSPS) is 11.5. The summed E-state index contributed by atoms with van der Waals surface area (Å²) >= 11 is 0. The zero-order valence-electron chi connectivity index (χ0n) is 9.92. The van der Waals surface area contributed by atoms with Gasteiger partial charge in [0.25, 0.3) is 0 Å². The molecule has 0 radical (unpaired) electrons. The van der Waals surface area contributed by atoms with Gasteiger partial charge in [0, 0.05) is 5.92 Å². The SMILES string of the molecule is CC(C)c1onc(/C=C/c2ccccc2)c1O. The van der Waals surface area contributed by atoms with Crippen LogP contribution >= 0.6 is 0 Å². The fraction of sp³-hybridized carbons (Fsp3) is 0.214. The van der Waals surface area contributed by atoms with Gasteiger partial charge in [0.2, 0.25) is 0 Å². The first-order chi connectivity index (χ1) is 8.18. The van der Waals surface area contributed by atoms with Crippen LogP contribution < -0.4 is 0 Å². The van der Waals surface area contributed by atoms with E-state index in [9.17, 15) is 5.11 Å². The number of aromatic nitrogens is 1. The zero-order valence-corrected chi connectivity index (χ0v) is 9.92. The molecule has 3 heteroatoms. The molecule has 0 aliphatic carbocycles. The maximum atomic E-state index is 9.87. The minimum Gasteiger partial charge on any atom is -0.503 e. The van der Waals surface area contributed by atoms with Crippen molar-refractivity contribution in [2.75, 3.05) is 0 Å². The van der Waals surface area contributed by atoms with Crippen molar-refractivity contribution in [3.63, 3.8) is 0 Å². The minimum atomic E-state index is 0.126. The standard InChI is InChI=1S/C14H15NO2/c1-10(2)14-13(16)12(15-17-14)9-8-11-6-4-3-5-7-11/h3-10,16H,1-2H3/b9-8+. The van der Waals surface area contributed by atoms with E-state index in [4.69, 9.17) is 4.52 Å². The van der Waals surface area contributed by atoms with E-state index in [1.54, 1.807) is 6.08 Å². The van der Waals surface area contributed by atoms with E-state index in [0.29, 0.717) is 11.5 Å². The van der Waals surface area contributed by atoms with Crippen molar-refractivity contribution < 1.29 is 9.63 Å². The number of aromatic hydroxyl groups is 1. The average Bonchev–Trinajstić information content (AvgIpc) is 2.69. The largest absolute Gasteiger partial charge is 0.503 e. The van der Waals surface area contributed by atoms with Crippen LogP contribution in [-0.2, 0) is 0 Å². The Morgan fingerprint density at radius 2 is 1.88 bits per heavy atom. The Labute approximate surface area is 100 Å². The van der Waals surface area contributed by atoms with Gasteiger partial charge in [-0.15, -0.1) is 0 Å². The van der Waals surface area contributed by atoms with Crippen LogP contribution in [0.25, 0.3) is 12.2 Å². The molecule has 0 amide bonds. The zero-order chi connectivity index (χ0) is 12.3. The lowest BCUT2D eigenvalue weighted by Crippen LogP contribution is -1.82. The Bertz CT molecular complexity index is 512. The van der Waals surface area contributed by atoms with E-state index in [2.05, 4.69) is 5.16 Å². The lowest BCUT2D eigenvalue weighted by atomic mass is 10.1. The molecule has 1 aromatic carbocycles. The lowest BCUT2D eigenvalue weighted by molar-refractivity contribution is 0.356. The number of hydrogen-bond acceptors (Lipinski definition) is 3. The molecule has 0 aliphatic rings. The summed E-state index contributed by atoms with van der Waals surface area (Å²) in [5.41, 5.74) is 1.53. The number of benzene rings is 1. The lowest BCUT2D eigenvalue weighted by Gasteiger charge is -1.97. The summed E-state index contributed by atoms with van der Waals surface area (Å²) in [7, 11) is 0. The average molecular weight is 229 g/mol. The van der Waals surface area contributed by atoms with Crippen LogP contribution in [-0.4, -0.2) is 10.3 Å². The van der Waals surface area contributed by atoms with Crippen molar-refractivity contribution >= 4 is 12.2 Å². The number of rotatable bonds is 3. The number of hydrogen-bond donors (Lipinski definition) is 1. The monoisotopic (exact) mass is 229 g/mol. The molecule has 0 spiro atoms. The van der Waals surface area contributed by atoms with Gasteiger partial charge in [-0.05, 0) is 11.6 Å². The molecule has 1 heterocycles. The Morgan fingerprint density at radius 3 is 2.47 bits per heavy atom. The second kappa shape index (κ2) is 4.87. The van der Waals surface area contributed by atoms with Gasteiger partial charge in [0.1, 0.15) is 5.69 Å². The molecule has 2 aromatic rings. The third kappa shape index (κ3) is 2.56. The molecule has 1 N–H and O–H groups in total. The van der Waals surface area contributed by atoms with Gasteiger partial charge in [0.15, 0.2) is 11.5 Å². The van der Waals surface area contributed by atoms with Crippen molar-refractivity contribution in [3.05, 3.63) is 47.3 Å². The summed E-state index contributed by atoms with van der Waals surface area (Å²) in [5, 5.41) is 13.7. The smallest absolute Gasteiger partial charge is 0.186 e. The van der Waals surface area contributed by atoms with Crippen LogP contribution in [0.4, 0.5) is 0 Å². The second-order valence-electron chi connectivity index (χ2n) is 4.18. The third-order valence-corrected chi connectivity index (χ3v) is 2.48. The van der Waals surface area contributed by atoms with Crippen LogP contribution in [0.15, 0.2) is 34.9 Å². The Hall–Kier alpha value is -2.03. The first kappa shape index (κ1) is 11.5. The van der Waals surface area contributed by atoms with Crippen molar-refractivity contribution in [3.8, 4) is 5.75 Å². The molecular weight excluding hydrogens is 214 g/mol. The fourth-order valence-corrected chi connectivity index (χ4v) is 1.54. The van der Waals surface area contributed by atoms with E-state index in [0.717, 1.165) is 5.56 Å². The maximum Gasteiger partial charge on any atom is 0.186 e. The van der Waals surface area contributed by atoms with Crippen molar-refractivity contribution in [2.24, 2.45) is 0 Å². The van der Waals surface area contributed by atoms with Crippen molar-refractivity contribution in [2.45, 2.75) is 19.8 Å². The molecule has 88 valence electrons. The first-order valence-corrected chi connectivity index (χ1v) is 5.60. The summed E-state index contributed by atoms with van der Waals surface area (Å²) in [5.74, 6) is 0.784. The fourth-order valence-electron chi connectivity index (χ4n) is 1.54. The van der Waals surface area contributed by atoms with Gasteiger partial charge < -0.3 is 9.63 Å². The van der Waals surface area contributed by atoms with Gasteiger partial charge in [0.05, 0.1) is 0 Å². The summed E-state index contributed by atoms with van der Waals surface area (Å²) in [6.45, 7) is 3.90. The van der Waals surface area contributed by atoms with E-state index in [1.165, 1.54) is 0 Å². The molecule has 0 bridgehead atoms. The highest BCUT2D eigenvalue weighted by Crippen LogP contribution is 2.29. The Morgan fingerprint density at radius 1 is 1.18 bits per heavy atom. The molecule has 17 heavy (non-hydrogen) atoms. The van der Waals surface area contributed by atoms with Crippen LogP contribution in [0.1, 0.15) is 36.8 Å². The van der Waals surface area contributed by atoms with Gasteiger partial charge in [-0.3, -0.25) is 0 Å². The molecule has 0 fully saturated rings. The summed E-state index contributed by atoms with van der Waals surface area (Å²) in [6, 6.07) is 9.85. The minimum absolute atomic E-state index is 0.126. The molecule has 0 saturated heterocycles. The van der Waals surface area contributed by atoms with Crippen LogP contribution in [0.3, 0.4) is 0 Å². The van der Waals surface area contributed by atoms with Crippen molar-refractivity contribution in [1.82, 2.24) is 5.16 Å². The van der Waals surface area contributed by atoms with E-state index >= 15 is 0 Å². The van der Waals surface area contributed by atoms with Crippen LogP contribution in [0.5, 0.6) is 5.75 Å². The van der Waals surface area contributed by atoms with Gasteiger partial charge in [-0.2, -0.15) is 0 Å². The second-order valence-corrected chi connectivity index (χ2v) is 4.18. The number of nitrogens with zero attached hydrogens (tertiary/aromatic N) is 1. The van der Waals surface area contributed by atoms with Crippen LogP contribution in [0, 0.1) is 0 Å². The molecule has 2 rings (SSSR count). The van der Waals surface area contributed by atoms with Gasteiger partial charge in [-0.25, -0.2) is 0 Å². The van der Waals surface area contributed by atoms with E-state index < -0.39 is 0 Å². The highest BCUT2D eigenvalue weighted by Gasteiger charge is 2.15. The highest BCUT2D eigenvalue weighted by molar-refractivity contribution is 5.70. The maximum absolute atomic E-state index is 9.87. The topological polar surface area (TPSA) is 46.3 Å². The summed E-state index contributed by atoms with van der Waals surface area (Å²) in [6.07, 6.45) is 3.64. The molecular formula is C14H15NO2. The van der Waals surface area contributed by atoms with Crippen molar-refractivity contribution in [1.29, 1.82) is 0 Å². The molecule has 3 nitrogen and oxygen atoms in total. The molecule has 0 atom stereocenters. The summed E-state index contributed by atoms with van der Waals surface area (Å²) in [4.78, 5) is 0. The molecule has 0 aliphatic heterocycles. The molecule has 0 saturated carbocycles. The first-order valence-electron chi connectivity index (χ1n) is 5.60. The Kier molecular flexibility index (Phi) is 3.28. The van der Waals surface area contributed by atoms with E-state index in [1.807, 2.05) is 50.3 Å². The van der Waals surface area contributed by atoms with Gasteiger partial charge in [-0.1, -0.05) is 55.4 Å². The van der Waals surface area contributed by atoms with Crippen LogP contribution in [0.2, 0.25) is 0 Å². The predicted molar refractivity (Wildman–Crippen MR) is 67.6 cm³/mol. The molecule has 1 aromatic heterocycles. The quantitative estimate of drug-likeness (QED) is 0.873. The third-order valence-electron chi connectivity index (χ3n) is 2.48. The predicted octanol–water partition coefficient (Wildman–Crippen LogP) is 3.67. The molecule has 0 unspecified atom stereocenters. The van der Waals surface area contributed by atoms with Gasteiger partial charge >= 0.3 is 0 Å². The highest BCUT2D eigenvalue weighted by atomic mass is 16.5. The summed E-state index contributed by atoms with van der Waals surface area (Å²) < 4.78 is 5.09. The van der Waals surface area contributed by atoms with E-state index in [-0.39, 0.29) is 11.7 Å².